The Hall–Kier alpha value is -2.37. The first kappa shape index (κ1) is 20.4. The first-order chi connectivity index (χ1) is 13.1. The van der Waals surface area contributed by atoms with E-state index in [0.717, 1.165) is 36.8 Å². The molecule has 0 spiro atoms. The fraction of sp³-hybridized carbons (Fsp3) is 0.591. The van der Waals surface area contributed by atoms with Crippen molar-refractivity contribution in [2.75, 3.05) is 6.61 Å². The summed E-state index contributed by atoms with van der Waals surface area (Å²) in [6.07, 6.45) is 4.10. The van der Waals surface area contributed by atoms with Gasteiger partial charge in [-0.05, 0) is 36.8 Å². The van der Waals surface area contributed by atoms with E-state index in [0.29, 0.717) is 12.4 Å². The van der Waals surface area contributed by atoms with Crippen molar-refractivity contribution in [1.29, 1.82) is 0 Å². The molecule has 1 atom stereocenters. The summed E-state index contributed by atoms with van der Waals surface area (Å²) in [6.45, 7) is 8.15. The van der Waals surface area contributed by atoms with Gasteiger partial charge in [0.2, 0.25) is 5.90 Å². The predicted octanol–water partition coefficient (Wildman–Crippen LogP) is 3.94. The largest absolute Gasteiger partial charge is 0.481 e. The Morgan fingerprint density at radius 1 is 1.18 bits per heavy atom. The minimum absolute atomic E-state index is 0.00699. The number of rotatable bonds is 5. The maximum absolute atomic E-state index is 12.2. The number of aliphatic carboxylic acids is 1. The van der Waals surface area contributed by atoms with Gasteiger partial charge in [-0.2, -0.15) is 0 Å². The Balaban J connectivity index is 1.80. The quantitative estimate of drug-likeness (QED) is 0.831. The highest BCUT2D eigenvalue weighted by atomic mass is 16.5. The van der Waals surface area contributed by atoms with Crippen LogP contribution in [-0.4, -0.2) is 34.5 Å². The fourth-order valence-corrected chi connectivity index (χ4v) is 4.06. The molecule has 1 fully saturated rings. The van der Waals surface area contributed by atoms with Gasteiger partial charge in [0.25, 0.3) is 5.91 Å². The Labute approximate surface area is 166 Å². The van der Waals surface area contributed by atoms with Gasteiger partial charge < -0.3 is 9.84 Å². The topological polar surface area (TPSA) is 79.2 Å². The van der Waals surface area contributed by atoms with Crippen LogP contribution in [0.1, 0.15) is 64.5 Å². The molecule has 1 aromatic carbocycles. The van der Waals surface area contributed by atoms with Crippen LogP contribution < -0.4 is 0 Å². The SMILES string of the molecule is CC(C)(C)C1=NN(Cc2ccc(C(C)(C(=O)O)C3CCCC3)cc2)C(=O)CO1. The monoisotopic (exact) mass is 386 g/mol. The van der Waals surface area contributed by atoms with Crippen LogP contribution >= 0.6 is 0 Å². The lowest BCUT2D eigenvalue weighted by atomic mass is 9.71. The predicted molar refractivity (Wildman–Crippen MR) is 107 cm³/mol. The second-order valence-electron chi connectivity index (χ2n) is 9.08. The summed E-state index contributed by atoms with van der Waals surface area (Å²) < 4.78 is 5.46. The van der Waals surface area contributed by atoms with Gasteiger partial charge in [-0.15, -0.1) is 5.10 Å². The summed E-state index contributed by atoms with van der Waals surface area (Å²) >= 11 is 0. The molecule has 1 unspecified atom stereocenters. The number of carboxylic acid groups (broad SMARTS) is 1. The Morgan fingerprint density at radius 2 is 1.79 bits per heavy atom. The molecule has 6 nitrogen and oxygen atoms in total. The number of benzene rings is 1. The molecular formula is C22H30N2O4. The number of nitrogens with zero attached hydrogens (tertiary/aromatic N) is 2. The van der Waals surface area contributed by atoms with Crippen molar-refractivity contribution in [3.05, 3.63) is 35.4 Å². The number of hydrazone groups is 1. The van der Waals surface area contributed by atoms with Gasteiger partial charge in [-0.25, -0.2) is 5.01 Å². The molecule has 1 aromatic rings. The van der Waals surface area contributed by atoms with Crippen molar-refractivity contribution in [2.45, 2.75) is 65.3 Å². The van der Waals surface area contributed by atoms with E-state index in [1.165, 1.54) is 5.01 Å². The van der Waals surface area contributed by atoms with Crippen LogP contribution in [0.2, 0.25) is 0 Å². The van der Waals surface area contributed by atoms with Crippen molar-refractivity contribution < 1.29 is 19.4 Å². The van der Waals surface area contributed by atoms with Crippen molar-refractivity contribution in [2.24, 2.45) is 16.4 Å². The lowest BCUT2D eigenvalue weighted by Crippen LogP contribution is -2.40. The van der Waals surface area contributed by atoms with E-state index < -0.39 is 11.4 Å². The fourth-order valence-electron chi connectivity index (χ4n) is 4.06. The first-order valence-electron chi connectivity index (χ1n) is 9.97. The van der Waals surface area contributed by atoms with Crippen molar-refractivity contribution in [3.63, 3.8) is 0 Å². The highest BCUT2D eigenvalue weighted by Crippen LogP contribution is 2.42. The average Bonchev–Trinajstić information content (AvgIpc) is 3.17. The van der Waals surface area contributed by atoms with Gasteiger partial charge in [-0.1, -0.05) is 57.9 Å². The number of ether oxygens (including phenoxy) is 1. The van der Waals surface area contributed by atoms with E-state index in [1.54, 1.807) is 0 Å². The van der Waals surface area contributed by atoms with Crippen LogP contribution in [-0.2, 0) is 26.3 Å². The molecule has 1 heterocycles. The molecule has 152 valence electrons. The zero-order valence-corrected chi connectivity index (χ0v) is 17.2. The van der Waals surface area contributed by atoms with E-state index >= 15 is 0 Å². The van der Waals surface area contributed by atoms with E-state index in [2.05, 4.69) is 5.10 Å². The minimum atomic E-state index is -0.874. The van der Waals surface area contributed by atoms with E-state index in [-0.39, 0.29) is 23.8 Å². The minimum Gasteiger partial charge on any atom is -0.481 e. The van der Waals surface area contributed by atoms with Crippen LogP contribution in [0.25, 0.3) is 0 Å². The highest BCUT2D eigenvalue weighted by Gasteiger charge is 2.44. The van der Waals surface area contributed by atoms with Crippen molar-refractivity contribution >= 4 is 17.8 Å². The molecule has 1 aliphatic heterocycles. The number of carbonyl (C=O) groups is 2. The molecule has 0 radical (unpaired) electrons. The third-order valence-corrected chi connectivity index (χ3v) is 5.98. The third-order valence-electron chi connectivity index (χ3n) is 5.98. The zero-order valence-electron chi connectivity index (χ0n) is 17.2. The summed E-state index contributed by atoms with van der Waals surface area (Å²) in [5.41, 5.74) is 0.590. The molecule has 1 amide bonds. The van der Waals surface area contributed by atoms with Crippen LogP contribution in [0.5, 0.6) is 0 Å². The lowest BCUT2D eigenvalue weighted by molar-refractivity contribution is -0.145. The van der Waals surface area contributed by atoms with Crippen LogP contribution in [0.15, 0.2) is 29.4 Å². The van der Waals surface area contributed by atoms with Crippen molar-refractivity contribution in [1.82, 2.24) is 5.01 Å². The van der Waals surface area contributed by atoms with Gasteiger partial charge in [0, 0.05) is 5.41 Å². The first-order valence-corrected chi connectivity index (χ1v) is 9.97. The average molecular weight is 386 g/mol. The van der Waals surface area contributed by atoms with Crippen LogP contribution in [0.4, 0.5) is 0 Å². The Morgan fingerprint density at radius 3 is 2.32 bits per heavy atom. The number of hydrogen-bond donors (Lipinski definition) is 1. The number of carbonyl (C=O) groups excluding carboxylic acids is 1. The summed E-state index contributed by atoms with van der Waals surface area (Å²) in [5.74, 6) is -0.243. The second kappa shape index (κ2) is 7.57. The van der Waals surface area contributed by atoms with E-state index in [1.807, 2.05) is 52.0 Å². The number of carboxylic acids is 1. The molecule has 0 saturated heterocycles. The Kier molecular flexibility index (Phi) is 5.50. The maximum Gasteiger partial charge on any atom is 0.314 e. The molecule has 6 heteroatoms. The Bertz CT molecular complexity index is 773. The molecular weight excluding hydrogens is 356 g/mol. The van der Waals surface area contributed by atoms with Crippen LogP contribution in [0.3, 0.4) is 0 Å². The molecule has 3 rings (SSSR count). The lowest BCUT2D eigenvalue weighted by Gasteiger charge is -2.32. The summed E-state index contributed by atoms with van der Waals surface area (Å²) in [5, 5.41) is 15.7. The van der Waals surface area contributed by atoms with E-state index in [9.17, 15) is 14.7 Å². The van der Waals surface area contributed by atoms with Gasteiger partial charge in [0.1, 0.15) is 0 Å². The molecule has 1 N–H and O–H groups in total. The van der Waals surface area contributed by atoms with Gasteiger partial charge in [0.15, 0.2) is 6.61 Å². The molecule has 1 saturated carbocycles. The second-order valence-corrected chi connectivity index (χ2v) is 9.08. The molecule has 28 heavy (non-hydrogen) atoms. The summed E-state index contributed by atoms with van der Waals surface area (Å²) in [7, 11) is 0. The maximum atomic E-state index is 12.2. The molecule has 0 bridgehead atoms. The third kappa shape index (κ3) is 3.91. The molecule has 2 aliphatic rings. The number of hydrogen-bond acceptors (Lipinski definition) is 4. The smallest absolute Gasteiger partial charge is 0.314 e. The van der Waals surface area contributed by atoms with Gasteiger partial charge in [0.05, 0.1) is 12.0 Å². The van der Waals surface area contributed by atoms with Gasteiger partial charge in [-0.3, -0.25) is 9.59 Å². The summed E-state index contributed by atoms with van der Waals surface area (Å²) in [6, 6.07) is 7.59. The molecule has 0 aromatic heterocycles. The normalized spacial score (nSPS) is 20.5. The highest BCUT2D eigenvalue weighted by molar-refractivity contribution is 5.89. The van der Waals surface area contributed by atoms with E-state index in [4.69, 9.17) is 4.74 Å². The standard InChI is InChI=1S/C22H30N2O4/c1-21(2,3)19-23-24(18(25)14-28-19)13-15-9-11-17(12-10-15)22(4,20(26)27)16-7-5-6-8-16/h9-12,16H,5-8,13-14H2,1-4H3,(H,26,27). The molecule has 1 aliphatic carbocycles. The van der Waals surface area contributed by atoms with Gasteiger partial charge >= 0.3 is 5.97 Å². The van der Waals surface area contributed by atoms with Crippen LogP contribution in [0, 0.1) is 11.3 Å². The summed E-state index contributed by atoms with van der Waals surface area (Å²) in [4.78, 5) is 24.3. The zero-order chi connectivity index (χ0) is 20.5. The number of amides is 1. The van der Waals surface area contributed by atoms with Crippen molar-refractivity contribution in [3.8, 4) is 0 Å².